The molecular weight excluding hydrogens is 510 g/mol. The van der Waals surface area contributed by atoms with Gasteiger partial charge in [0.15, 0.2) is 6.04 Å². The van der Waals surface area contributed by atoms with Crippen molar-refractivity contribution in [3.05, 3.63) is 96.1 Å². The first-order valence-corrected chi connectivity index (χ1v) is 15.6. The van der Waals surface area contributed by atoms with Gasteiger partial charge in [-0.2, -0.15) is 0 Å². The maximum Gasteiger partial charge on any atom is 0.365 e. The molecule has 1 unspecified atom stereocenters. The minimum absolute atomic E-state index is 0.0220. The van der Waals surface area contributed by atoms with E-state index in [0.717, 1.165) is 79.8 Å². The van der Waals surface area contributed by atoms with Gasteiger partial charge in [0.1, 0.15) is 18.1 Å². The summed E-state index contributed by atoms with van der Waals surface area (Å²) in [5.74, 6) is 1.71. The van der Waals surface area contributed by atoms with Crippen molar-refractivity contribution in [2.24, 2.45) is 0 Å². The molecular formula is C36H48NO4+. The van der Waals surface area contributed by atoms with Gasteiger partial charge in [0.2, 0.25) is 0 Å². The average molecular weight is 559 g/mol. The van der Waals surface area contributed by atoms with Crippen LogP contribution in [-0.2, 0) is 22.6 Å². The van der Waals surface area contributed by atoms with Gasteiger partial charge in [-0.3, -0.25) is 0 Å². The van der Waals surface area contributed by atoms with E-state index in [2.05, 4.69) is 43.4 Å². The molecule has 1 aliphatic rings. The van der Waals surface area contributed by atoms with E-state index >= 15 is 0 Å². The normalized spacial score (nSPS) is 15.1. The molecule has 1 heterocycles. The molecule has 0 aromatic heterocycles. The van der Waals surface area contributed by atoms with E-state index in [1.54, 1.807) is 0 Å². The molecule has 0 bridgehead atoms. The summed E-state index contributed by atoms with van der Waals surface area (Å²) in [6.07, 6.45) is 11.0. The topological polar surface area (TPSA) is 44.8 Å². The summed E-state index contributed by atoms with van der Waals surface area (Å²) in [6.45, 7) is 3.94. The van der Waals surface area contributed by atoms with Crippen molar-refractivity contribution in [1.29, 1.82) is 0 Å². The van der Waals surface area contributed by atoms with Gasteiger partial charge < -0.3 is 18.7 Å². The number of benzene rings is 3. The molecule has 41 heavy (non-hydrogen) atoms. The van der Waals surface area contributed by atoms with E-state index in [9.17, 15) is 4.79 Å². The summed E-state index contributed by atoms with van der Waals surface area (Å²) >= 11 is 0. The van der Waals surface area contributed by atoms with Crippen molar-refractivity contribution in [1.82, 2.24) is 0 Å². The molecule has 1 atom stereocenters. The molecule has 1 fully saturated rings. The van der Waals surface area contributed by atoms with Crippen molar-refractivity contribution in [3.8, 4) is 11.5 Å². The van der Waals surface area contributed by atoms with Gasteiger partial charge in [-0.25, -0.2) is 4.79 Å². The number of quaternary nitrogens is 1. The molecule has 3 aromatic carbocycles. The number of carbonyl (C=O) groups is 1. The molecule has 5 nitrogen and oxygen atoms in total. The predicted octanol–water partition coefficient (Wildman–Crippen LogP) is 7.77. The molecule has 4 rings (SSSR count). The SMILES string of the molecule is C[N+]1(C(Cc2ccccc2)C(=O)OCCCCCCCCOc2ccc(OCc3ccccc3)cc2)CCCCC1. The lowest BCUT2D eigenvalue weighted by molar-refractivity contribution is -0.929. The number of unbranched alkanes of at least 4 members (excludes halogenated alkanes) is 5. The Balaban J connectivity index is 1.05. The lowest BCUT2D eigenvalue weighted by atomic mass is 9.98. The zero-order valence-corrected chi connectivity index (χ0v) is 24.8. The van der Waals surface area contributed by atoms with Crippen LogP contribution in [0, 0.1) is 0 Å². The Labute approximate surface area is 247 Å². The highest BCUT2D eigenvalue weighted by atomic mass is 16.5. The van der Waals surface area contributed by atoms with E-state index < -0.39 is 0 Å². The van der Waals surface area contributed by atoms with Crippen LogP contribution >= 0.6 is 0 Å². The van der Waals surface area contributed by atoms with Gasteiger partial charge in [0.05, 0.1) is 33.4 Å². The van der Waals surface area contributed by atoms with Crippen LogP contribution in [0.2, 0.25) is 0 Å². The van der Waals surface area contributed by atoms with E-state index in [1.165, 1.54) is 31.2 Å². The van der Waals surface area contributed by atoms with E-state index in [-0.39, 0.29) is 12.0 Å². The Morgan fingerprint density at radius 1 is 0.659 bits per heavy atom. The second-order valence-electron chi connectivity index (χ2n) is 11.6. The zero-order chi connectivity index (χ0) is 28.6. The monoisotopic (exact) mass is 558 g/mol. The maximum absolute atomic E-state index is 13.2. The zero-order valence-electron chi connectivity index (χ0n) is 24.8. The standard InChI is InChI=1S/C36H48NO4/c1-37(25-13-8-14-26-37)35(29-31-17-9-6-10-18-31)36(38)40-28-16-5-3-2-4-15-27-39-33-21-23-34(24-22-33)41-30-32-19-11-7-12-20-32/h6-7,9-12,17-24,35H,2-5,8,13-16,25-30H2,1H3/q+1. The van der Waals surface area contributed by atoms with Gasteiger partial charge in [0.25, 0.3) is 0 Å². The van der Waals surface area contributed by atoms with Crippen LogP contribution in [0.3, 0.4) is 0 Å². The van der Waals surface area contributed by atoms with Gasteiger partial charge in [-0.05, 0) is 67.5 Å². The summed E-state index contributed by atoms with van der Waals surface area (Å²) < 4.78 is 18.4. The minimum Gasteiger partial charge on any atom is -0.494 e. The number of hydrogen-bond donors (Lipinski definition) is 0. The fourth-order valence-electron chi connectivity index (χ4n) is 5.69. The smallest absolute Gasteiger partial charge is 0.365 e. The minimum atomic E-state index is -0.115. The second-order valence-corrected chi connectivity index (χ2v) is 11.6. The van der Waals surface area contributed by atoms with Crippen LogP contribution in [-0.4, -0.2) is 49.8 Å². The Morgan fingerprint density at radius 2 is 1.20 bits per heavy atom. The van der Waals surface area contributed by atoms with Crippen molar-refractivity contribution < 1.29 is 23.5 Å². The van der Waals surface area contributed by atoms with Crippen molar-refractivity contribution in [2.45, 2.75) is 76.9 Å². The molecule has 3 aromatic rings. The van der Waals surface area contributed by atoms with Crippen LogP contribution in [0.5, 0.6) is 11.5 Å². The number of esters is 1. The first-order valence-electron chi connectivity index (χ1n) is 15.6. The van der Waals surface area contributed by atoms with Crippen LogP contribution in [0.15, 0.2) is 84.9 Å². The fraction of sp³-hybridized carbons (Fsp3) is 0.472. The summed E-state index contributed by atoms with van der Waals surface area (Å²) in [4.78, 5) is 13.2. The molecule has 0 N–H and O–H groups in total. The highest BCUT2D eigenvalue weighted by Crippen LogP contribution is 2.24. The lowest BCUT2D eigenvalue weighted by Gasteiger charge is -2.42. The lowest BCUT2D eigenvalue weighted by Crippen LogP contribution is -2.59. The van der Waals surface area contributed by atoms with E-state index in [4.69, 9.17) is 14.2 Å². The Bertz CT molecular complexity index is 1130. The van der Waals surface area contributed by atoms with Crippen LogP contribution in [0.25, 0.3) is 0 Å². The molecule has 0 saturated carbocycles. The number of piperidine rings is 1. The van der Waals surface area contributed by atoms with E-state index in [1.807, 2.05) is 48.5 Å². The highest BCUT2D eigenvalue weighted by molar-refractivity contribution is 5.75. The predicted molar refractivity (Wildman–Crippen MR) is 165 cm³/mol. The van der Waals surface area contributed by atoms with Crippen LogP contribution in [0.1, 0.15) is 68.9 Å². The number of ether oxygens (including phenoxy) is 3. The Hall–Kier alpha value is -3.31. The van der Waals surface area contributed by atoms with Gasteiger partial charge in [-0.15, -0.1) is 0 Å². The third-order valence-corrected chi connectivity index (χ3v) is 8.26. The van der Waals surface area contributed by atoms with E-state index in [0.29, 0.717) is 13.2 Å². The molecule has 0 aliphatic carbocycles. The summed E-state index contributed by atoms with van der Waals surface area (Å²) in [6, 6.07) is 28.3. The summed E-state index contributed by atoms with van der Waals surface area (Å²) in [5.41, 5.74) is 2.37. The molecule has 0 radical (unpaired) electrons. The van der Waals surface area contributed by atoms with Crippen molar-refractivity contribution >= 4 is 5.97 Å². The van der Waals surface area contributed by atoms with Crippen molar-refractivity contribution in [3.63, 3.8) is 0 Å². The largest absolute Gasteiger partial charge is 0.494 e. The quantitative estimate of drug-likeness (QED) is 0.0964. The number of nitrogens with zero attached hydrogens (tertiary/aromatic N) is 1. The number of carbonyl (C=O) groups excluding carboxylic acids is 1. The highest BCUT2D eigenvalue weighted by Gasteiger charge is 2.40. The number of likely N-dealkylation sites (N-methyl/N-ethyl adjacent to an activating group) is 1. The van der Waals surface area contributed by atoms with Crippen LogP contribution < -0.4 is 9.47 Å². The van der Waals surface area contributed by atoms with Gasteiger partial charge in [0, 0.05) is 6.42 Å². The number of likely N-dealkylation sites (tertiary alicyclic amines) is 1. The van der Waals surface area contributed by atoms with Crippen molar-refractivity contribution in [2.75, 3.05) is 33.4 Å². The fourth-order valence-corrected chi connectivity index (χ4v) is 5.69. The first-order chi connectivity index (χ1) is 20.1. The van der Waals surface area contributed by atoms with Gasteiger partial charge >= 0.3 is 5.97 Å². The Morgan fingerprint density at radius 3 is 1.83 bits per heavy atom. The molecule has 0 spiro atoms. The molecule has 5 heteroatoms. The molecule has 1 saturated heterocycles. The maximum atomic E-state index is 13.2. The number of rotatable bonds is 17. The van der Waals surface area contributed by atoms with Crippen LogP contribution in [0.4, 0.5) is 0 Å². The third-order valence-electron chi connectivity index (χ3n) is 8.26. The first kappa shape index (κ1) is 30.6. The summed E-state index contributed by atoms with van der Waals surface area (Å²) in [7, 11) is 2.24. The third kappa shape index (κ3) is 10.6. The number of hydrogen-bond acceptors (Lipinski definition) is 4. The molecule has 0 amide bonds. The molecule has 1 aliphatic heterocycles. The molecule has 220 valence electrons. The average Bonchev–Trinajstić information content (AvgIpc) is 3.01. The van der Waals surface area contributed by atoms with Gasteiger partial charge in [-0.1, -0.05) is 86.3 Å². The second kappa shape index (κ2) is 16.8. The Kier molecular flexibility index (Phi) is 12.6. The summed E-state index contributed by atoms with van der Waals surface area (Å²) in [5, 5.41) is 0.